The summed E-state index contributed by atoms with van der Waals surface area (Å²) in [5, 5.41) is 3.88. The number of rotatable bonds is 2. The van der Waals surface area contributed by atoms with Crippen LogP contribution in [-0.4, -0.2) is 11.7 Å². The number of carbonyl (C=O) groups excluding carboxylic acids is 2. The summed E-state index contributed by atoms with van der Waals surface area (Å²) in [5.74, 6) is -0.724. The summed E-state index contributed by atoms with van der Waals surface area (Å²) in [7, 11) is 0. The summed E-state index contributed by atoms with van der Waals surface area (Å²) >= 11 is 18.0. The Bertz CT molecular complexity index is 826. The first-order chi connectivity index (χ1) is 10.5. The average Bonchev–Trinajstić information content (AvgIpc) is 2.82. The quantitative estimate of drug-likeness (QED) is 0.619. The topological polar surface area (TPSA) is 46.2 Å². The predicted molar refractivity (Wildman–Crippen MR) is 88.9 cm³/mol. The number of allylic oxidation sites excluding steroid dienone is 1. The van der Waals surface area contributed by atoms with Crippen molar-refractivity contribution in [2.75, 3.05) is 5.32 Å². The van der Waals surface area contributed by atoms with Gasteiger partial charge in [0.25, 0.3) is 5.91 Å². The molecule has 22 heavy (non-hydrogen) atoms. The van der Waals surface area contributed by atoms with Gasteiger partial charge in [0.1, 0.15) is 0 Å². The van der Waals surface area contributed by atoms with E-state index in [4.69, 9.17) is 34.8 Å². The molecule has 0 bridgehead atoms. The largest absolute Gasteiger partial charge is 0.320 e. The highest BCUT2D eigenvalue weighted by Crippen LogP contribution is 2.41. The number of benzene rings is 2. The van der Waals surface area contributed by atoms with E-state index in [1.165, 1.54) is 6.08 Å². The van der Waals surface area contributed by atoms with Crippen molar-refractivity contribution in [1.82, 2.24) is 0 Å². The van der Waals surface area contributed by atoms with Crippen molar-refractivity contribution in [2.24, 2.45) is 0 Å². The Hall–Kier alpha value is -1.81. The van der Waals surface area contributed by atoms with Crippen molar-refractivity contribution >= 4 is 57.8 Å². The molecule has 0 unspecified atom stereocenters. The third kappa shape index (κ3) is 2.63. The lowest BCUT2D eigenvalue weighted by Crippen LogP contribution is -2.06. The number of amides is 1. The van der Waals surface area contributed by atoms with Gasteiger partial charge in [-0.1, -0.05) is 34.8 Å². The highest BCUT2D eigenvalue weighted by Gasteiger charge is 2.29. The molecule has 3 nitrogen and oxygen atoms in total. The minimum atomic E-state index is -0.410. The fourth-order valence-corrected chi connectivity index (χ4v) is 2.79. The number of hydrogen-bond donors (Lipinski definition) is 1. The highest BCUT2D eigenvalue weighted by atomic mass is 35.5. The normalized spacial score (nSPS) is 14.9. The molecular formula is C16H8Cl3NO2. The minimum absolute atomic E-state index is 0.197. The van der Waals surface area contributed by atoms with Gasteiger partial charge < -0.3 is 5.32 Å². The zero-order valence-electron chi connectivity index (χ0n) is 11.0. The molecule has 0 aliphatic carbocycles. The van der Waals surface area contributed by atoms with Gasteiger partial charge in [-0.15, -0.1) is 0 Å². The van der Waals surface area contributed by atoms with E-state index in [1.54, 1.807) is 36.4 Å². The molecule has 0 radical (unpaired) electrons. The van der Waals surface area contributed by atoms with Crippen molar-refractivity contribution < 1.29 is 9.59 Å². The lowest BCUT2D eigenvalue weighted by atomic mass is 10.0. The Morgan fingerprint density at radius 3 is 2.27 bits per heavy atom. The second-order valence-electron chi connectivity index (χ2n) is 4.66. The molecule has 0 fully saturated rings. The molecule has 0 atom stereocenters. The Morgan fingerprint density at radius 2 is 1.59 bits per heavy atom. The van der Waals surface area contributed by atoms with Crippen LogP contribution in [0.5, 0.6) is 0 Å². The van der Waals surface area contributed by atoms with Crippen molar-refractivity contribution in [3.05, 3.63) is 68.7 Å². The van der Waals surface area contributed by atoms with Gasteiger partial charge in [-0.25, -0.2) is 0 Å². The Balaban J connectivity index is 2.06. The van der Waals surface area contributed by atoms with Crippen LogP contribution in [-0.2, 0) is 4.79 Å². The van der Waals surface area contributed by atoms with Gasteiger partial charge in [0.05, 0.1) is 21.3 Å². The summed E-state index contributed by atoms with van der Waals surface area (Å²) in [6.45, 7) is 0. The molecule has 0 saturated heterocycles. The molecule has 0 aromatic heterocycles. The number of hydrogen-bond acceptors (Lipinski definition) is 2. The summed E-state index contributed by atoms with van der Waals surface area (Å²) in [6, 6.07) is 9.58. The van der Waals surface area contributed by atoms with Gasteiger partial charge in [-0.05, 0) is 42.5 Å². The Labute approximate surface area is 141 Å². The van der Waals surface area contributed by atoms with E-state index in [9.17, 15) is 9.59 Å². The maximum Gasteiger partial charge on any atom is 0.256 e. The van der Waals surface area contributed by atoms with Crippen LogP contribution < -0.4 is 5.32 Å². The molecular weight excluding hydrogens is 345 g/mol. The molecule has 6 heteroatoms. The van der Waals surface area contributed by atoms with Crippen LogP contribution >= 0.6 is 34.8 Å². The SMILES string of the molecule is O=C1Nc2c(Cl)ccc(Cl)c2/C1=C\C(=O)c1ccc(Cl)cc1. The van der Waals surface area contributed by atoms with Crippen LogP contribution in [0.2, 0.25) is 15.1 Å². The zero-order valence-corrected chi connectivity index (χ0v) is 13.3. The molecule has 0 saturated carbocycles. The number of anilines is 1. The van der Waals surface area contributed by atoms with Crippen molar-refractivity contribution in [3.8, 4) is 0 Å². The molecule has 110 valence electrons. The molecule has 1 heterocycles. The van der Waals surface area contributed by atoms with Crippen LogP contribution in [0.3, 0.4) is 0 Å². The smallest absolute Gasteiger partial charge is 0.256 e. The minimum Gasteiger partial charge on any atom is -0.320 e. The van der Waals surface area contributed by atoms with Gasteiger partial charge >= 0.3 is 0 Å². The molecule has 3 rings (SSSR count). The van der Waals surface area contributed by atoms with E-state index in [0.717, 1.165) is 0 Å². The van der Waals surface area contributed by atoms with E-state index in [-0.39, 0.29) is 11.4 Å². The first kappa shape index (κ1) is 15.1. The maximum atomic E-state index is 12.3. The monoisotopic (exact) mass is 351 g/mol. The van der Waals surface area contributed by atoms with Crippen molar-refractivity contribution in [3.63, 3.8) is 0 Å². The molecule has 1 N–H and O–H groups in total. The van der Waals surface area contributed by atoms with Gasteiger partial charge in [0.15, 0.2) is 5.78 Å². The standard InChI is InChI=1S/C16H8Cl3NO2/c17-9-3-1-8(2-4-9)13(21)7-10-14-11(18)5-6-12(19)15(14)20-16(10)22/h1-7H,(H,20,22)/b10-7+. The maximum absolute atomic E-state index is 12.3. The van der Waals surface area contributed by atoms with Crippen LogP contribution in [0.4, 0.5) is 5.69 Å². The third-order valence-electron chi connectivity index (χ3n) is 3.26. The van der Waals surface area contributed by atoms with Crippen LogP contribution in [0.25, 0.3) is 5.57 Å². The number of halogens is 3. The van der Waals surface area contributed by atoms with Crippen molar-refractivity contribution in [2.45, 2.75) is 0 Å². The summed E-state index contributed by atoms with van der Waals surface area (Å²) in [5.41, 5.74) is 1.49. The van der Waals surface area contributed by atoms with Gasteiger partial charge in [-0.3, -0.25) is 9.59 Å². The lowest BCUT2D eigenvalue weighted by Gasteiger charge is -2.03. The molecule has 1 aliphatic heterocycles. The number of carbonyl (C=O) groups is 2. The number of nitrogens with one attached hydrogen (secondary N) is 1. The lowest BCUT2D eigenvalue weighted by molar-refractivity contribution is -0.110. The second-order valence-corrected chi connectivity index (χ2v) is 5.91. The summed E-state index contributed by atoms with van der Waals surface area (Å²) in [4.78, 5) is 24.4. The average molecular weight is 353 g/mol. The fourth-order valence-electron chi connectivity index (χ4n) is 2.20. The highest BCUT2D eigenvalue weighted by molar-refractivity contribution is 6.45. The van der Waals surface area contributed by atoms with E-state index in [0.29, 0.717) is 31.9 Å². The van der Waals surface area contributed by atoms with E-state index < -0.39 is 5.91 Å². The Morgan fingerprint density at radius 1 is 0.955 bits per heavy atom. The molecule has 1 amide bonds. The number of fused-ring (bicyclic) bond motifs is 1. The fraction of sp³-hybridized carbons (Fsp3) is 0. The molecule has 1 aliphatic rings. The van der Waals surface area contributed by atoms with Crippen molar-refractivity contribution in [1.29, 1.82) is 0 Å². The van der Waals surface area contributed by atoms with Gasteiger partial charge in [-0.2, -0.15) is 0 Å². The number of ketones is 1. The van der Waals surface area contributed by atoms with Crippen LogP contribution in [0, 0.1) is 0 Å². The Kier molecular flexibility index (Phi) is 3.96. The second kappa shape index (κ2) is 5.76. The van der Waals surface area contributed by atoms with E-state index >= 15 is 0 Å². The zero-order chi connectivity index (χ0) is 15.9. The van der Waals surface area contributed by atoms with E-state index in [1.807, 2.05) is 0 Å². The molecule has 2 aromatic rings. The third-order valence-corrected chi connectivity index (χ3v) is 4.14. The van der Waals surface area contributed by atoms with Crippen LogP contribution in [0.15, 0.2) is 42.5 Å². The van der Waals surface area contributed by atoms with Crippen LogP contribution in [0.1, 0.15) is 15.9 Å². The van der Waals surface area contributed by atoms with Gasteiger partial charge in [0.2, 0.25) is 0 Å². The first-order valence-electron chi connectivity index (χ1n) is 6.28. The predicted octanol–water partition coefficient (Wildman–Crippen LogP) is 4.87. The first-order valence-corrected chi connectivity index (χ1v) is 7.42. The summed E-state index contributed by atoms with van der Waals surface area (Å²) < 4.78 is 0. The molecule has 0 spiro atoms. The molecule has 2 aromatic carbocycles. The van der Waals surface area contributed by atoms with Gasteiger partial charge in [0, 0.05) is 16.1 Å². The van der Waals surface area contributed by atoms with E-state index in [2.05, 4.69) is 5.32 Å². The summed E-state index contributed by atoms with van der Waals surface area (Å²) in [6.07, 6.45) is 1.26.